The molecule has 0 spiro atoms. The number of aliphatic hydroxyl groups is 2. The van der Waals surface area contributed by atoms with E-state index < -0.39 is 65.5 Å². The van der Waals surface area contributed by atoms with Crippen molar-refractivity contribution >= 4 is 18.2 Å². The third kappa shape index (κ3) is 4.42. The van der Waals surface area contributed by atoms with Crippen molar-refractivity contribution in [2.75, 3.05) is 20.3 Å². The first-order valence-electron chi connectivity index (χ1n) is 15.9. The van der Waals surface area contributed by atoms with E-state index in [0.29, 0.717) is 24.3 Å². The summed E-state index contributed by atoms with van der Waals surface area (Å²) in [5.41, 5.74) is -2.35. The van der Waals surface area contributed by atoms with Crippen LogP contribution in [-0.2, 0) is 33.3 Å². The molecule has 4 aliphatic carbocycles. The molecular weight excluding hydrogens is 568 g/mol. The molecule has 12 atom stereocenters. The van der Waals surface area contributed by atoms with Gasteiger partial charge in [-0.25, -0.2) is 4.79 Å². The summed E-state index contributed by atoms with van der Waals surface area (Å²) in [5, 5.41) is 32.9. The average Bonchev–Trinajstić information content (AvgIpc) is 3.57. The summed E-state index contributed by atoms with van der Waals surface area (Å²) in [6.07, 6.45) is 4.85. The van der Waals surface area contributed by atoms with Gasteiger partial charge in [0.05, 0.1) is 18.6 Å². The first-order valence-corrected chi connectivity index (χ1v) is 15.9. The molecule has 0 amide bonds. The molecule has 0 radical (unpaired) electrons. The monoisotopic (exact) mass is 616 g/mol. The van der Waals surface area contributed by atoms with Crippen LogP contribution in [0.4, 0.5) is 0 Å². The Labute approximate surface area is 259 Å². The number of hydrogen-bond acceptors (Lipinski definition) is 9. The number of rotatable bonds is 11. The number of carboxylic acids is 1. The fourth-order valence-corrected chi connectivity index (χ4v) is 9.99. The largest absolute Gasteiger partial charge is 0.481 e. The Morgan fingerprint density at radius 3 is 2.52 bits per heavy atom. The van der Waals surface area contributed by atoms with Gasteiger partial charge in [0.25, 0.3) is 0 Å². The third-order valence-electron chi connectivity index (χ3n) is 11.8. The van der Waals surface area contributed by atoms with Crippen LogP contribution >= 0.6 is 0 Å². The number of carbonyl (C=O) groups is 3. The molecule has 0 aromatic carbocycles. The molecule has 1 aliphatic heterocycles. The van der Waals surface area contributed by atoms with E-state index >= 15 is 0 Å². The van der Waals surface area contributed by atoms with Crippen molar-refractivity contribution in [1.29, 1.82) is 0 Å². The highest BCUT2D eigenvalue weighted by atomic mass is 16.7. The number of aliphatic carboxylic acids is 1. The van der Waals surface area contributed by atoms with E-state index in [9.17, 15) is 29.7 Å². The zero-order valence-electron chi connectivity index (χ0n) is 26.6. The lowest BCUT2D eigenvalue weighted by Gasteiger charge is -2.58. The number of aliphatic hydroxyl groups excluding tert-OH is 2. The van der Waals surface area contributed by atoms with Crippen molar-refractivity contribution in [3.05, 3.63) is 35.5 Å². The molecule has 5 rings (SSSR count). The second-order valence-electron chi connectivity index (χ2n) is 14.0. The van der Waals surface area contributed by atoms with E-state index in [1.165, 1.54) is 7.11 Å². The number of aldehydes is 1. The number of fused-ring (bicyclic) bond motifs is 2. The summed E-state index contributed by atoms with van der Waals surface area (Å²) in [4.78, 5) is 39.9. The first kappa shape index (κ1) is 33.0. The topological polar surface area (TPSA) is 149 Å². The maximum Gasteiger partial charge on any atom is 0.334 e. The molecule has 1 heterocycles. The number of methoxy groups -OCH3 is 1. The Bertz CT molecular complexity index is 1240. The third-order valence-corrected chi connectivity index (χ3v) is 11.8. The molecule has 5 aliphatic rings. The van der Waals surface area contributed by atoms with E-state index in [1.807, 2.05) is 20.8 Å². The van der Waals surface area contributed by atoms with Gasteiger partial charge < -0.3 is 39.1 Å². The Balaban J connectivity index is 1.50. The molecule has 244 valence electrons. The number of allylic oxidation sites excluding steroid dienone is 4. The molecule has 4 fully saturated rings. The fraction of sp³-hybridized carbons (Fsp3) is 0.735. The minimum atomic E-state index is -1.49. The van der Waals surface area contributed by atoms with Crippen molar-refractivity contribution in [1.82, 2.24) is 0 Å². The standard InChI is InChI=1S/C34H48O10/c1-7-8-9-20(5)29(38)44-28-26(37)30(43-25(15-35)27(28)41-6)42-17-33-14-22-19(4)10-11-23(22)32(16-36)13-21(33)12-24(18(2)3)34(32,33)31(39)40/h7-9,12,16,18-19,21-23,25-28,30,35,37H,10-11,13-15,17H2,1-6H3,(H,39,40). The van der Waals surface area contributed by atoms with Gasteiger partial charge in [0.1, 0.15) is 30.0 Å². The minimum absolute atomic E-state index is 0.0212. The highest BCUT2D eigenvalue weighted by Crippen LogP contribution is 2.82. The van der Waals surface area contributed by atoms with Gasteiger partial charge in [0.15, 0.2) is 12.4 Å². The SMILES string of the molecule is CC=CC=C(C)C(=O)OC1C(O)C(OCC23CC4C(C)CCC4C4(C=O)CC2C=C(C(C)C)C43C(=O)O)OC(CO)C1OC. The van der Waals surface area contributed by atoms with Crippen molar-refractivity contribution in [2.24, 2.45) is 45.8 Å². The summed E-state index contributed by atoms with van der Waals surface area (Å²) in [6.45, 7) is 8.97. The van der Waals surface area contributed by atoms with Crippen LogP contribution in [0.2, 0.25) is 0 Å². The van der Waals surface area contributed by atoms with Gasteiger partial charge in [-0.15, -0.1) is 0 Å². The molecule has 10 heteroatoms. The van der Waals surface area contributed by atoms with Crippen LogP contribution in [0.5, 0.6) is 0 Å². The van der Waals surface area contributed by atoms with Crippen molar-refractivity contribution < 1.29 is 48.7 Å². The summed E-state index contributed by atoms with van der Waals surface area (Å²) in [6, 6.07) is 0. The maximum atomic E-state index is 13.7. The fourth-order valence-electron chi connectivity index (χ4n) is 9.99. The summed E-state index contributed by atoms with van der Waals surface area (Å²) < 4.78 is 23.6. The number of hydrogen-bond donors (Lipinski definition) is 3. The van der Waals surface area contributed by atoms with Crippen molar-refractivity contribution in [3.63, 3.8) is 0 Å². The van der Waals surface area contributed by atoms with Gasteiger partial charge in [0, 0.05) is 18.1 Å². The molecule has 0 aromatic rings. The molecule has 3 saturated carbocycles. The van der Waals surface area contributed by atoms with E-state index in [1.54, 1.807) is 25.2 Å². The molecule has 44 heavy (non-hydrogen) atoms. The van der Waals surface area contributed by atoms with Gasteiger partial charge in [0.2, 0.25) is 0 Å². The van der Waals surface area contributed by atoms with Crippen LogP contribution < -0.4 is 0 Å². The van der Waals surface area contributed by atoms with Gasteiger partial charge in [-0.1, -0.05) is 57.1 Å². The van der Waals surface area contributed by atoms with Crippen LogP contribution in [-0.4, -0.2) is 84.6 Å². The zero-order valence-corrected chi connectivity index (χ0v) is 26.6. The van der Waals surface area contributed by atoms with Crippen LogP contribution in [0.3, 0.4) is 0 Å². The first-order chi connectivity index (χ1) is 20.9. The Morgan fingerprint density at radius 1 is 1.20 bits per heavy atom. The molecule has 1 saturated heterocycles. The zero-order chi connectivity index (χ0) is 32.2. The second-order valence-corrected chi connectivity index (χ2v) is 14.0. The quantitative estimate of drug-likeness (QED) is 0.104. The van der Waals surface area contributed by atoms with Gasteiger partial charge in [-0.05, 0) is 62.7 Å². The van der Waals surface area contributed by atoms with Crippen LogP contribution in [0.25, 0.3) is 0 Å². The summed E-state index contributed by atoms with van der Waals surface area (Å²) >= 11 is 0. The predicted octanol–water partition coefficient (Wildman–Crippen LogP) is 3.45. The molecule has 4 bridgehead atoms. The smallest absolute Gasteiger partial charge is 0.334 e. The number of carboxylic acid groups (broad SMARTS) is 1. The average molecular weight is 617 g/mol. The lowest BCUT2D eigenvalue weighted by Crippen LogP contribution is -2.65. The van der Waals surface area contributed by atoms with E-state index in [2.05, 4.69) is 13.0 Å². The molecule has 10 nitrogen and oxygen atoms in total. The Hall–Kier alpha value is -2.37. The molecule has 12 unspecified atom stereocenters. The van der Waals surface area contributed by atoms with Gasteiger partial charge >= 0.3 is 11.9 Å². The number of carbonyl (C=O) groups excluding carboxylic acids is 2. The summed E-state index contributed by atoms with van der Waals surface area (Å²) in [7, 11) is 1.37. The highest BCUT2D eigenvalue weighted by Gasteiger charge is 2.84. The lowest BCUT2D eigenvalue weighted by molar-refractivity contribution is -0.315. The van der Waals surface area contributed by atoms with Crippen LogP contribution in [0.15, 0.2) is 35.5 Å². The highest BCUT2D eigenvalue weighted by molar-refractivity contribution is 5.90. The van der Waals surface area contributed by atoms with E-state index in [0.717, 1.165) is 24.7 Å². The number of esters is 1. The maximum absolute atomic E-state index is 13.7. The van der Waals surface area contributed by atoms with E-state index in [4.69, 9.17) is 18.9 Å². The normalized spacial score (nSPS) is 44.6. The van der Waals surface area contributed by atoms with Crippen LogP contribution in [0.1, 0.15) is 60.3 Å². The number of ether oxygens (including phenoxy) is 4. The minimum Gasteiger partial charge on any atom is -0.481 e. The van der Waals surface area contributed by atoms with Crippen LogP contribution in [0, 0.1) is 45.8 Å². The Kier molecular flexibility index (Phi) is 9.07. The lowest BCUT2D eigenvalue weighted by atomic mass is 9.43. The summed E-state index contributed by atoms with van der Waals surface area (Å²) in [5.74, 6) is -1.48. The molecule has 0 aromatic heterocycles. The van der Waals surface area contributed by atoms with E-state index in [-0.39, 0.29) is 30.3 Å². The second kappa shape index (κ2) is 12.1. The molecular formula is C34H48O10. The molecule has 3 N–H and O–H groups in total. The van der Waals surface area contributed by atoms with Crippen molar-refractivity contribution in [2.45, 2.75) is 91.0 Å². The van der Waals surface area contributed by atoms with Crippen molar-refractivity contribution in [3.8, 4) is 0 Å². The van der Waals surface area contributed by atoms with Gasteiger partial charge in [-0.3, -0.25) is 4.79 Å². The Morgan fingerprint density at radius 2 is 1.93 bits per heavy atom. The predicted molar refractivity (Wildman–Crippen MR) is 159 cm³/mol. The van der Waals surface area contributed by atoms with Gasteiger partial charge in [-0.2, -0.15) is 0 Å².